The molecular formula is C15H26N2O. The number of benzene rings is 1. The second kappa shape index (κ2) is 6.21. The molecule has 1 aromatic carbocycles. The average Bonchev–Trinajstić information content (AvgIpc) is 2.35. The van der Waals surface area contributed by atoms with Gasteiger partial charge in [-0.1, -0.05) is 18.2 Å². The van der Waals surface area contributed by atoms with Crippen molar-refractivity contribution in [3.05, 3.63) is 29.8 Å². The van der Waals surface area contributed by atoms with Crippen LogP contribution in [0.5, 0.6) is 0 Å². The van der Waals surface area contributed by atoms with Crippen LogP contribution in [0.25, 0.3) is 0 Å². The van der Waals surface area contributed by atoms with E-state index in [0.717, 1.165) is 6.54 Å². The predicted molar refractivity (Wildman–Crippen MR) is 78.4 cm³/mol. The maximum atomic E-state index is 5.57. The van der Waals surface area contributed by atoms with Gasteiger partial charge in [-0.2, -0.15) is 0 Å². The Hall–Kier alpha value is -1.06. The van der Waals surface area contributed by atoms with E-state index in [-0.39, 0.29) is 11.6 Å². The number of para-hydroxylation sites is 1. The zero-order valence-electron chi connectivity index (χ0n) is 12.4. The first-order valence-electron chi connectivity index (χ1n) is 6.41. The molecule has 1 atom stereocenters. The highest BCUT2D eigenvalue weighted by Gasteiger charge is 2.29. The van der Waals surface area contributed by atoms with Crippen molar-refractivity contribution in [2.24, 2.45) is 0 Å². The normalized spacial score (nSPS) is 13.4. The highest BCUT2D eigenvalue weighted by atomic mass is 16.5. The second-order valence-corrected chi connectivity index (χ2v) is 5.32. The van der Waals surface area contributed by atoms with E-state index in [9.17, 15) is 0 Å². The van der Waals surface area contributed by atoms with Crippen LogP contribution in [0.1, 0.15) is 19.4 Å². The molecule has 3 heteroatoms. The zero-order valence-corrected chi connectivity index (χ0v) is 12.4. The number of anilines is 1. The third kappa shape index (κ3) is 3.47. The fourth-order valence-corrected chi connectivity index (χ4v) is 2.16. The molecule has 0 amide bonds. The molecule has 0 fully saturated rings. The smallest absolute Gasteiger partial charge is 0.0792 e. The van der Waals surface area contributed by atoms with Crippen LogP contribution in [0.3, 0.4) is 0 Å². The molecule has 18 heavy (non-hydrogen) atoms. The lowest BCUT2D eigenvalue weighted by molar-refractivity contribution is -0.00577. The standard InChI is InChI=1S/C15H26N2O/c1-12-9-7-8-10-13(12)17(5)11-14(16-4)15(2,3)18-6/h7-10,14,16H,11H2,1-6H3. The summed E-state index contributed by atoms with van der Waals surface area (Å²) in [4.78, 5) is 2.28. The minimum atomic E-state index is -0.189. The molecule has 1 unspecified atom stereocenters. The summed E-state index contributed by atoms with van der Waals surface area (Å²) < 4.78 is 5.57. The molecule has 0 aliphatic heterocycles. The molecule has 0 aliphatic carbocycles. The van der Waals surface area contributed by atoms with Crippen molar-refractivity contribution >= 4 is 5.69 Å². The van der Waals surface area contributed by atoms with Crippen LogP contribution in [0.4, 0.5) is 5.69 Å². The van der Waals surface area contributed by atoms with Crippen LogP contribution in [-0.4, -0.2) is 39.4 Å². The molecule has 0 saturated carbocycles. The number of hydrogen-bond acceptors (Lipinski definition) is 3. The highest BCUT2D eigenvalue weighted by Crippen LogP contribution is 2.21. The average molecular weight is 250 g/mol. The Kier molecular flexibility index (Phi) is 5.17. The van der Waals surface area contributed by atoms with Crippen molar-refractivity contribution in [1.82, 2.24) is 5.32 Å². The van der Waals surface area contributed by atoms with Crippen LogP contribution in [-0.2, 0) is 4.74 Å². The minimum Gasteiger partial charge on any atom is -0.377 e. The minimum absolute atomic E-state index is 0.189. The van der Waals surface area contributed by atoms with Gasteiger partial charge in [0.05, 0.1) is 11.6 Å². The lowest BCUT2D eigenvalue weighted by Gasteiger charge is -2.36. The van der Waals surface area contributed by atoms with Crippen LogP contribution in [0.2, 0.25) is 0 Å². The van der Waals surface area contributed by atoms with Gasteiger partial charge in [0.15, 0.2) is 0 Å². The van der Waals surface area contributed by atoms with Crippen molar-refractivity contribution in [3.8, 4) is 0 Å². The molecule has 1 aromatic rings. The summed E-state index contributed by atoms with van der Waals surface area (Å²) in [6.07, 6.45) is 0. The van der Waals surface area contributed by atoms with Gasteiger partial charge in [-0.25, -0.2) is 0 Å². The van der Waals surface area contributed by atoms with E-state index in [1.807, 2.05) is 7.05 Å². The summed E-state index contributed by atoms with van der Waals surface area (Å²) in [6, 6.07) is 8.71. The fraction of sp³-hybridized carbons (Fsp3) is 0.600. The molecule has 1 rings (SSSR count). The van der Waals surface area contributed by atoms with Crippen molar-refractivity contribution in [2.75, 3.05) is 32.6 Å². The monoisotopic (exact) mass is 250 g/mol. The summed E-state index contributed by atoms with van der Waals surface area (Å²) in [7, 11) is 5.87. The summed E-state index contributed by atoms with van der Waals surface area (Å²) in [6.45, 7) is 7.27. The number of aryl methyl sites for hydroxylation is 1. The third-order valence-electron chi connectivity index (χ3n) is 3.70. The van der Waals surface area contributed by atoms with E-state index in [1.165, 1.54) is 11.3 Å². The van der Waals surface area contributed by atoms with E-state index in [4.69, 9.17) is 4.74 Å². The molecule has 0 aromatic heterocycles. The molecule has 1 N–H and O–H groups in total. The van der Waals surface area contributed by atoms with Crippen LogP contribution < -0.4 is 10.2 Å². The van der Waals surface area contributed by atoms with Crippen LogP contribution >= 0.6 is 0 Å². The van der Waals surface area contributed by atoms with E-state index in [2.05, 4.69) is 62.3 Å². The van der Waals surface area contributed by atoms with Gasteiger partial charge in [-0.05, 0) is 39.4 Å². The van der Waals surface area contributed by atoms with Gasteiger partial charge in [0.2, 0.25) is 0 Å². The summed E-state index contributed by atoms with van der Waals surface area (Å²) in [5.41, 5.74) is 2.38. The number of methoxy groups -OCH3 is 1. The number of likely N-dealkylation sites (N-methyl/N-ethyl adjacent to an activating group) is 2. The lowest BCUT2D eigenvalue weighted by atomic mass is 9.98. The SMILES string of the molecule is CNC(CN(C)c1ccccc1C)C(C)(C)OC. The van der Waals surface area contributed by atoms with Crippen molar-refractivity contribution in [1.29, 1.82) is 0 Å². The van der Waals surface area contributed by atoms with Gasteiger partial charge in [0, 0.05) is 26.4 Å². The third-order valence-corrected chi connectivity index (χ3v) is 3.70. The Morgan fingerprint density at radius 1 is 1.33 bits per heavy atom. The lowest BCUT2D eigenvalue weighted by Crippen LogP contribution is -2.52. The van der Waals surface area contributed by atoms with Gasteiger partial charge >= 0.3 is 0 Å². The maximum Gasteiger partial charge on any atom is 0.0792 e. The Balaban J connectivity index is 2.80. The van der Waals surface area contributed by atoms with Gasteiger partial charge in [-0.3, -0.25) is 0 Å². The molecule has 0 spiro atoms. The van der Waals surface area contributed by atoms with E-state index < -0.39 is 0 Å². The summed E-state index contributed by atoms with van der Waals surface area (Å²) in [5.74, 6) is 0. The van der Waals surface area contributed by atoms with Gasteiger partial charge < -0.3 is 15.0 Å². The molecule has 0 radical (unpaired) electrons. The number of hydrogen-bond donors (Lipinski definition) is 1. The molecule has 0 saturated heterocycles. The van der Waals surface area contributed by atoms with Gasteiger partial charge in [0.1, 0.15) is 0 Å². The van der Waals surface area contributed by atoms with Crippen LogP contribution in [0, 0.1) is 6.92 Å². The zero-order chi connectivity index (χ0) is 13.8. The Labute approximate surface area is 111 Å². The highest BCUT2D eigenvalue weighted by molar-refractivity contribution is 5.52. The first-order chi connectivity index (χ1) is 8.42. The van der Waals surface area contributed by atoms with Crippen molar-refractivity contribution in [3.63, 3.8) is 0 Å². The molecule has 0 bridgehead atoms. The van der Waals surface area contributed by atoms with Gasteiger partial charge in [-0.15, -0.1) is 0 Å². The number of nitrogens with zero attached hydrogens (tertiary/aromatic N) is 1. The molecule has 3 nitrogen and oxygen atoms in total. The van der Waals surface area contributed by atoms with E-state index in [0.29, 0.717) is 0 Å². The maximum absolute atomic E-state index is 5.57. The predicted octanol–water partition coefficient (Wildman–Crippen LogP) is 2.44. The van der Waals surface area contributed by atoms with Crippen molar-refractivity contribution < 1.29 is 4.74 Å². The quantitative estimate of drug-likeness (QED) is 0.839. The second-order valence-electron chi connectivity index (χ2n) is 5.32. The molecule has 102 valence electrons. The Morgan fingerprint density at radius 3 is 2.44 bits per heavy atom. The summed E-state index contributed by atoms with van der Waals surface area (Å²) in [5, 5.41) is 3.35. The molecular weight excluding hydrogens is 224 g/mol. The van der Waals surface area contributed by atoms with E-state index in [1.54, 1.807) is 7.11 Å². The topological polar surface area (TPSA) is 24.5 Å². The summed E-state index contributed by atoms with van der Waals surface area (Å²) >= 11 is 0. The first kappa shape index (κ1) is 15.0. The fourth-order valence-electron chi connectivity index (χ4n) is 2.16. The largest absolute Gasteiger partial charge is 0.377 e. The molecule has 0 aliphatic rings. The number of nitrogens with one attached hydrogen (secondary N) is 1. The first-order valence-corrected chi connectivity index (χ1v) is 6.41. The van der Waals surface area contributed by atoms with Gasteiger partial charge in [0.25, 0.3) is 0 Å². The Morgan fingerprint density at radius 2 is 1.94 bits per heavy atom. The number of ether oxygens (including phenoxy) is 1. The molecule has 0 heterocycles. The van der Waals surface area contributed by atoms with Crippen molar-refractivity contribution in [2.45, 2.75) is 32.4 Å². The Bertz CT molecular complexity index is 377. The number of rotatable bonds is 6. The van der Waals surface area contributed by atoms with E-state index >= 15 is 0 Å². The van der Waals surface area contributed by atoms with Crippen LogP contribution in [0.15, 0.2) is 24.3 Å².